The molecular weight excluding hydrogens is 478 g/mol. The number of aryl methyl sites for hydroxylation is 1. The first-order valence-corrected chi connectivity index (χ1v) is 12.9. The molecule has 1 N–H and O–H groups in total. The number of hydrogen-bond donors (Lipinski definition) is 1. The highest BCUT2D eigenvalue weighted by molar-refractivity contribution is 5.89. The van der Waals surface area contributed by atoms with E-state index in [0.29, 0.717) is 18.0 Å². The van der Waals surface area contributed by atoms with Crippen molar-refractivity contribution >= 4 is 22.8 Å². The molecule has 4 rings (SSSR count). The van der Waals surface area contributed by atoms with Crippen LogP contribution in [0.3, 0.4) is 0 Å². The summed E-state index contributed by atoms with van der Waals surface area (Å²) >= 11 is 0. The predicted octanol–water partition coefficient (Wildman–Crippen LogP) is 4.68. The van der Waals surface area contributed by atoms with Gasteiger partial charge in [-0.3, -0.25) is 9.59 Å². The van der Waals surface area contributed by atoms with Gasteiger partial charge >= 0.3 is 0 Å². The van der Waals surface area contributed by atoms with Gasteiger partial charge in [-0.2, -0.15) is 0 Å². The van der Waals surface area contributed by atoms with Crippen LogP contribution in [-0.2, 0) is 22.7 Å². The van der Waals surface area contributed by atoms with E-state index in [1.54, 1.807) is 16.7 Å². The second-order valence-corrected chi connectivity index (χ2v) is 9.89. The Morgan fingerprint density at radius 1 is 1.00 bits per heavy atom. The van der Waals surface area contributed by atoms with Crippen molar-refractivity contribution < 1.29 is 14.3 Å². The summed E-state index contributed by atoms with van der Waals surface area (Å²) in [5.74, 6) is 0.730. The summed E-state index contributed by atoms with van der Waals surface area (Å²) in [6.07, 6.45) is 0.851. The minimum atomic E-state index is -0.813. The zero-order valence-corrected chi connectivity index (χ0v) is 22.4. The number of nitrogens with one attached hydrogen (secondary N) is 1. The van der Waals surface area contributed by atoms with Crippen molar-refractivity contribution in [3.05, 3.63) is 89.5 Å². The van der Waals surface area contributed by atoms with Crippen molar-refractivity contribution in [1.82, 2.24) is 25.2 Å². The first kappa shape index (κ1) is 26.9. The highest BCUT2D eigenvalue weighted by Crippen LogP contribution is 2.26. The van der Waals surface area contributed by atoms with Gasteiger partial charge in [-0.25, -0.2) is 4.68 Å². The quantitative estimate of drug-likeness (QED) is 0.315. The van der Waals surface area contributed by atoms with Crippen LogP contribution in [-0.4, -0.2) is 45.4 Å². The molecule has 3 aromatic carbocycles. The standard InChI is InChI=1S/C30H35N5O3/c1-21(2)17-18-31-30(37)29(24-13-9-22(3)10-14-24)34(19-23-11-15-25(38-4)16-12-23)28(36)20-35-27-8-6-5-7-26(27)32-33-35/h5-16,21,29H,17-20H2,1-4H3,(H,31,37). The SMILES string of the molecule is COc1ccc(CN(C(=O)Cn2nnc3ccccc32)C(C(=O)NCCC(C)C)c2ccc(C)cc2)cc1. The molecule has 1 atom stereocenters. The molecule has 0 saturated carbocycles. The maximum atomic E-state index is 14.0. The smallest absolute Gasteiger partial charge is 0.247 e. The van der Waals surface area contributed by atoms with Crippen LogP contribution in [0.2, 0.25) is 0 Å². The number of amides is 2. The Bertz CT molecular complexity index is 1360. The third-order valence-electron chi connectivity index (χ3n) is 6.51. The molecule has 1 heterocycles. The fraction of sp³-hybridized carbons (Fsp3) is 0.333. The molecule has 2 amide bonds. The Morgan fingerprint density at radius 3 is 2.39 bits per heavy atom. The van der Waals surface area contributed by atoms with Crippen LogP contribution < -0.4 is 10.1 Å². The minimum absolute atomic E-state index is 0.0433. The monoisotopic (exact) mass is 513 g/mol. The van der Waals surface area contributed by atoms with Crippen molar-refractivity contribution in [2.75, 3.05) is 13.7 Å². The van der Waals surface area contributed by atoms with Crippen LogP contribution in [0, 0.1) is 12.8 Å². The van der Waals surface area contributed by atoms with Gasteiger partial charge in [-0.15, -0.1) is 5.10 Å². The number of rotatable bonds is 11. The number of aromatic nitrogens is 3. The van der Waals surface area contributed by atoms with Crippen molar-refractivity contribution in [3.63, 3.8) is 0 Å². The zero-order chi connectivity index (χ0) is 27.1. The van der Waals surface area contributed by atoms with E-state index >= 15 is 0 Å². The lowest BCUT2D eigenvalue weighted by Gasteiger charge is -2.32. The largest absolute Gasteiger partial charge is 0.497 e. The molecule has 1 unspecified atom stereocenters. The Morgan fingerprint density at radius 2 is 1.71 bits per heavy atom. The van der Waals surface area contributed by atoms with Crippen molar-refractivity contribution in [3.8, 4) is 5.75 Å². The Labute approximate surface area is 223 Å². The number of carbonyl (C=O) groups excluding carboxylic acids is 2. The molecule has 0 saturated heterocycles. The average molecular weight is 514 g/mol. The van der Waals surface area contributed by atoms with Gasteiger partial charge in [0.25, 0.3) is 0 Å². The summed E-state index contributed by atoms with van der Waals surface area (Å²) in [6.45, 7) is 6.97. The lowest BCUT2D eigenvalue weighted by atomic mass is 10.0. The highest BCUT2D eigenvalue weighted by Gasteiger charge is 2.32. The average Bonchev–Trinajstić information content (AvgIpc) is 3.32. The Hall–Kier alpha value is -4.20. The van der Waals surface area contributed by atoms with Gasteiger partial charge in [0, 0.05) is 13.1 Å². The number of para-hydroxylation sites is 1. The molecule has 4 aromatic rings. The van der Waals surface area contributed by atoms with E-state index in [2.05, 4.69) is 29.5 Å². The van der Waals surface area contributed by atoms with E-state index in [-0.39, 0.29) is 24.9 Å². The molecule has 0 aliphatic carbocycles. The topological polar surface area (TPSA) is 89.3 Å². The van der Waals surface area contributed by atoms with Gasteiger partial charge in [0.15, 0.2) is 0 Å². The molecule has 38 heavy (non-hydrogen) atoms. The molecule has 1 aromatic heterocycles. The van der Waals surface area contributed by atoms with Crippen LogP contribution in [0.5, 0.6) is 5.75 Å². The number of methoxy groups -OCH3 is 1. The second-order valence-electron chi connectivity index (χ2n) is 9.89. The van der Waals surface area contributed by atoms with E-state index in [1.165, 1.54) is 0 Å². The third-order valence-corrected chi connectivity index (χ3v) is 6.51. The van der Waals surface area contributed by atoms with Crippen LogP contribution >= 0.6 is 0 Å². The van der Waals surface area contributed by atoms with Gasteiger partial charge in [0.1, 0.15) is 23.9 Å². The van der Waals surface area contributed by atoms with Crippen LogP contribution in [0.4, 0.5) is 0 Å². The Balaban J connectivity index is 1.71. The number of hydrogen-bond acceptors (Lipinski definition) is 5. The van der Waals surface area contributed by atoms with Gasteiger partial charge in [-0.1, -0.05) is 73.2 Å². The lowest BCUT2D eigenvalue weighted by molar-refractivity contribution is -0.142. The molecule has 198 valence electrons. The van der Waals surface area contributed by atoms with Crippen molar-refractivity contribution in [2.45, 2.75) is 46.3 Å². The van der Waals surface area contributed by atoms with Crippen LogP contribution in [0.1, 0.15) is 43.0 Å². The van der Waals surface area contributed by atoms with Gasteiger partial charge in [-0.05, 0) is 54.7 Å². The summed E-state index contributed by atoms with van der Waals surface area (Å²) in [5.41, 5.74) is 4.19. The third kappa shape index (κ3) is 6.56. The van der Waals surface area contributed by atoms with Gasteiger partial charge in [0.2, 0.25) is 11.8 Å². The number of benzene rings is 3. The predicted molar refractivity (Wildman–Crippen MR) is 147 cm³/mol. The highest BCUT2D eigenvalue weighted by atomic mass is 16.5. The molecule has 0 spiro atoms. The number of fused-ring (bicyclic) bond motifs is 1. The van der Waals surface area contributed by atoms with Gasteiger partial charge in [0.05, 0.1) is 12.6 Å². The number of ether oxygens (including phenoxy) is 1. The molecule has 0 aliphatic rings. The fourth-order valence-electron chi connectivity index (χ4n) is 4.31. The number of carbonyl (C=O) groups is 2. The van der Waals surface area contributed by atoms with Crippen LogP contribution in [0.25, 0.3) is 11.0 Å². The summed E-state index contributed by atoms with van der Waals surface area (Å²) in [4.78, 5) is 29.3. The molecule has 8 heteroatoms. The molecular formula is C30H35N5O3. The first-order valence-electron chi connectivity index (χ1n) is 12.9. The maximum absolute atomic E-state index is 14.0. The fourth-order valence-corrected chi connectivity index (χ4v) is 4.31. The van der Waals surface area contributed by atoms with E-state index < -0.39 is 6.04 Å². The molecule has 8 nitrogen and oxygen atoms in total. The van der Waals surface area contributed by atoms with E-state index in [4.69, 9.17) is 4.74 Å². The summed E-state index contributed by atoms with van der Waals surface area (Å²) < 4.78 is 6.88. The second kappa shape index (κ2) is 12.4. The Kier molecular flexibility index (Phi) is 8.73. The molecule has 0 fully saturated rings. The summed E-state index contributed by atoms with van der Waals surface area (Å²) in [6, 6.07) is 22.0. The minimum Gasteiger partial charge on any atom is -0.497 e. The maximum Gasteiger partial charge on any atom is 0.247 e. The summed E-state index contributed by atoms with van der Waals surface area (Å²) in [5, 5.41) is 11.5. The lowest BCUT2D eigenvalue weighted by Crippen LogP contribution is -2.45. The number of nitrogens with zero attached hydrogens (tertiary/aromatic N) is 4. The van der Waals surface area contributed by atoms with Crippen molar-refractivity contribution in [2.24, 2.45) is 5.92 Å². The molecule has 0 aliphatic heterocycles. The van der Waals surface area contributed by atoms with Gasteiger partial charge < -0.3 is 15.0 Å². The normalized spacial score (nSPS) is 11.9. The summed E-state index contributed by atoms with van der Waals surface area (Å²) in [7, 11) is 1.61. The molecule has 0 bridgehead atoms. The first-order chi connectivity index (χ1) is 18.4. The van der Waals surface area contributed by atoms with Crippen LogP contribution in [0.15, 0.2) is 72.8 Å². The molecule has 0 radical (unpaired) electrons. The van der Waals surface area contributed by atoms with E-state index in [9.17, 15) is 9.59 Å². The van der Waals surface area contributed by atoms with E-state index in [1.807, 2.05) is 79.7 Å². The zero-order valence-electron chi connectivity index (χ0n) is 22.4. The van der Waals surface area contributed by atoms with E-state index in [0.717, 1.165) is 34.4 Å². The van der Waals surface area contributed by atoms with Crippen molar-refractivity contribution in [1.29, 1.82) is 0 Å².